The van der Waals surface area contributed by atoms with Crippen molar-refractivity contribution in [3.8, 4) is 0 Å². The zero-order valence-corrected chi connectivity index (χ0v) is 6.66. The summed E-state index contributed by atoms with van der Waals surface area (Å²) in [5, 5.41) is 0. The largest absolute Gasteiger partial charge is 2.00 e. The minimum absolute atomic E-state index is 0. The summed E-state index contributed by atoms with van der Waals surface area (Å²) in [6, 6.07) is 0. The second kappa shape index (κ2) is 7.06. The fourth-order valence-electron chi connectivity index (χ4n) is 0.722. The maximum absolute atomic E-state index is 2.36. The van der Waals surface area contributed by atoms with E-state index in [4.69, 9.17) is 0 Å². The average molecular weight is 129 g/mol. The van der Waals surface area contributed by atoms with Crippen LogP contribution in [-0.2, 0) is 0 Å². The molecule has 0 aromatic rings. The first-order valence-corrected chi connectivity index (χ1v) is 2.32. The second-order valence-corrected chi connectivity index (χ2v) is 1.57. The van der Waals surface area contributed by atoms with Crippen molar-refractivity contribution >= 4 is 23.1 Å². The molecule has 0 aromatic heterocycles. The van der Waals surface area contributed by atoms with Crippen LogP contribution in [0.3, 0.4) is 0 Å². The molecule has 7 heavy (non-hydrogen) atoms. The van der Waals surface area contributed by atoms with Crippen LogP contribution in [0.1, 0.15) is 25.7 Å². The summed E-state index contributed by atoms with van der Waals surface area (Å²) in [6.07, 6.45) is 8.00. The van der Waals surface area contributed by atoms with Crippen LogP contribution >= 0.6 is 0 Å². The van der Waals surface area contributed by atoms with Gasteiger partial charge in [-0.1, -0.05) is 12.8 Å². The maximum Gasteiger partial charge on any atom is 2.00 e. The molecule has 1 rings (SSSR count). The van der Waals surface area contributed by atoms with Crippen molar-refractivity contribution in [2.45, 2.75) is 25.7 Å². The van der Waals surface area contributed by atoms with Crippen LogP contribution in [0.15, 0.2) is 0 Å². The molecule has 0 amide bonds. The molecule has 0 heterocycles. The Morgan fingerprint density at radius 1 is 1.00 bits per heavy atom. The van der Waals surface area contributed by atoms with E-state index in [0.29, 0.717) is 0 Å². The third kappa shape index (κ3) is 4.92. The van der Waals surface area contributed by atoms with Gasteiger partial charge in [0, 0.05) is 0 Å². The predicted octanol–water partition coefficient (Wildman–Crippen LogP) is -1.61. The van der Waals surface area contributed by atoms with Gasteiger partial charge in [0.25, 0.3) is 0 Å². The van der Waals surface area contributed by atoms with Gasteiger partial charge in [0.2, 0.25) is 0 Å². The van der Waals surface area contributed by atoms with Gasteiger partial charge in [0.15, 0.2) is 0 Å². The van der Waals surface area contributed by atoms with Gasteiger partial charge in [0.1, 0.15) is 0 Å². The molecular weight excluding hydrogens is 120 g/mol. The van der Waals surface area contributed by atoms with E-state index in [1.54, 1.807) is 0 Å². The minimum atomic E-state index is 0. The van der Waals surface area contributed by atoms with Crippen molar-refractivity contribution in [3.63, 3.8) is 0 Å². The molecule has 0 radical (unpaired) electrons. The van der Waals surface area contributed by atoms with E-state index in [9.17, 15) is 0 Å². The van der Waals surface area contributed by atoms with Gasteiger partial charge in [-0.15, -0.1) is 0 Å². The standard InChI is InChI=1S/C5H9.ClH.Mg/c1-2-4-5-3-1;;/h1H,2-5H2;1H;/q-1;;+2/p-1. The van der Waals surface area contributed by atoms with Crippen molar-refractivity contribution in [2.75, 3.05) is 0 Å². The first-order valence-electron chi connectivity index (χ1n) is 2.32. The molecule has 0 unspecified atom stereocenters. The van der Waals surface area contributed by atoms with Crippen LogP contribution in [0.2, 0.25) is 0 Å². The van der Waals surface area contributed by atoms with Crippen LogP contribution in [0.25, 0.3) is 0 Å². The Labute approximate surface area is 67.6 Å². The molecule has 2 heteroatoms. The molecule has 0 N–H and O–H groups in total. The molecule has 0 bridgehead atoms. The summed E-state index contributed by atoms with van der Waals surface area (Å²) in [7, 11) is 0. The topological polar surface area (TPSA) is 0 Å². The van der Waals surface area contributed by atoms with Crippen molar-refractivity contribution in [1.29, 1.82) is 0 Å². The quantitative estimate of drug-likeness (QED) is 0.272. The van der Waals surface area contributed by atoms with Gasteiger partial charge < -0.3 is 18.8 Å². The normalized spacial score (nSPS) is 17.1. The van der Waals surface area contributed by atoms with E-state index >= 15 is 0 Å². The van der Waals surface area contributed by atoms with E-state index in [2.05, 4.69) is 6.42 Å². The molecule has 1 aliphatic carbocycles. The first-order chi connectivity index (χ1) is 2.50. The first kappa shape index (κ1) is 10.9. The van der Waals surface area contributed by atoms with E-state index in [-0.39, 0.29) is 35.5 Å². The summed E-state index contributed by atoms with van der Waals surface area (Å²) in [4.78, 5) is 0. The predicted molar refractivity (Wildman–Crippen MR) is 28.5 cm³/mol. The van der Waals surface area contributed by atoms with E-state index in [1.807, 2.05) is 0 Å². The van der Waals surface area contributed by atoms with Crippen molar-refractivity contribution in [3.05, 3.63) is 6.42 Å². The Kier molecular flexibility index (Phi) is 11.0. The molecule has 0 aliphatic heterocycles. The molecule has 0 saturated heterocycles. The van der Waals surface area contributed by atoms with Crippen LogP contribution in [0.4, 0.5) is 0 Å². The molecule has 0 aromatic carbocycles. The third-order valence-corrected chi connectivity index (χ3v) is 1.07. The van der Waals surface area contributed by atoms with Crippen LogP contribution in [-0.4, -0.2) is 23.1 Å². The number of halogens is 1. The summed E-state index contributed by atoms with van der Waals surface area (Å²) in [6.45, 7) is 0. The van der Waals surface area contributed by atoms with E-state index in [1.165, 1.54) is 25.7 Å². The zero-order valence-electron chi connectivity index (χ0n) is 4.49. The SMILES string of the molecule is [CH-]1CCCC1.[Cl-].[Mg+2]. The molecule has 1 fully saturated rings. The third-order valence-electron chi connectivity index (χ3n) is 1.07. The van der Waals surface area contributed by atoms with Crippen molar-refractivity contribution < 1.29 is 12.4 Å². The zero-order chi connectivity index (χ0) is 3.54. The summed E-state index contributed by atoms with van der Waals surface area (Å²) >= 11 is 0. The Hall–Kier alpha value is 1.06. The van der Waals surface area contributed by atoms with Gasteiger partial charge in [-0.25, -0.2) is 0 Å². The van der Waals surface area contributed by atoms with Crippen molar-refractivity contribution in [1.82, 2.24) is 0 Å². The molecule has 0 spiro atoms. The maximum atomic E-state index is 2.36. The van der Waals surface area contributed by atoms with E-state index < -0.39 is 0 Å². The molecule has 0 nitrogen and oxygen atoms in total. The second-order valence-electron chi connectivity index (χ2n) is 1.57. The van der Waals surface area contributed by atoms with Gasteiger partial charge >= 0.3 is 23.1 Å². The van der Waals surface area contributed by atoms with Crippen LogP contribution < -0.4 is 12.4 Å². The minimum Gasteiger partial charge on any atom is -1.00 e. The number of hydrogen-bond donors (Lipinski definition) is 0. The number of rotatable bonds is 0. The van der Waals surface area contributed by atoms with Crippen LogP contribution in [0, 0.1) is 6.42 Å². The van der Waals surface area contributed by atoms with Gasteiger partial charge in [-0.05, 0) is 0 Å². The summed E-state index contributed by atoms with van der Waals surface area (Å²) < 4.78 is 0. The van der Waals surface area contributed by atoms with Gasteiger partial charge in [0.05, 0.1) is 0 Å². The fraction of sp³-hybridized carbons (Fsp3) is 0.800. The summed E-state index contributed by atoms with van der Waals surface area (Å²) in [5.74, 6) is 0. The Morgan fingerprint density at radius 2 is 1.43 bits per heavy atom. The summed E-state index contributed by atoms with van der Waals surface area (Å²) in [5.41, 5.74) is 0. The van der Waals surface area contributed by atoms with Gasteiger partial charge in [-0.3, -0.25) is 0 Å². The van der Waals surface area contributed by atoms with Crippen LogP contribution in [0.5, 0.6) is 0 Å². The molecular formula is C5H9ClMg. The Bertz CT molecular complexity index is 19.7. The number of hydrogen-bond acceptors (Lipinski definition) is 0. The smallest absolute Gasteiger partial charge is 1.00 e. The molecule has 1 aliphatic rings. The Morgan fingerprint density at radius 3 is 1.57 bits per heavy atom. The average Bonchev–Trinajstić information content (AvgIpc) is 1.76. The molecule has 1 saturated carbocycles. The Balaban J connectivity index is 0. The van der Waals surface area contributed by atoms with Gasteiger partial charge in [-0.2, -0.15) is 12.8 Å². The monoisotopic (exact) mass is 128 g/mol. The van der Waals surface area contributed by atoms with E-state index in [0.717, 1.165) is 0 Å². The van der Waals surface area contributed by atoms with Crippen molar-refractivity contribution in [2.24, 2.45) is 0 Å². The fourth-order valence-corrected chi connectivity index (χ4v) is 0.722. The molecule has 38 valence electrons. The molecule has 0 atom stereocenters.